The van der Waals surface area contributed by atoms with Gasteiger partial charge in [0, 0.05) is 36.8 Å². The van der Waals surface area contributed by atoms with E-state index in [1.165, 1.54) is 35.5 Å². The quantitative estimate of drug-likeness (QED) is 0.701. The van der Waals surface area contributed by atoms with Crippen LogP contribution in [0.2, 0.25) is 0 Å². The molecule has 2 atom stereocenters. The first-order chi connectivity index (χ1) is 13.1. The van der Waals surface area contributed by atoms with Gasteiger partial charge < -0.3 is 9.30 Å². The molecule has 0 spiro atoms. The van der Waals surface area contributed by atoms with Crippen LogP contribution in [0.5, 0.6) is 0 Å². The molecular formula is C18H14FN5O3. The topological polar surface area (TPSA) is 82.2 Å². The molecule has 0 radical (unpaired) electrons. The van der Waals surface area contributed by atoms with Crippen LogP contribution in [0.15, 0.2) is 53.8 Å². The van der Waals surface area contributed by atoms with Gasteiger partial charge in [0.15, 0.2) is 5.43 Å². The van der Waals surface area contributed by atoms with Gasteiger partial charge in [-0.15, -0.1) is 5.10 Å². The molecule has 0 unspecified atom stereocenters. The van der Waals surface area contributed by atoms with Crippen molar-refractivity contribution < 1.29 is 13.9 Å². The third kappa shape index (κ3) is 2.50. The molecule has 4 heterocycles. The molecule has 8 nitrogen and oxygen atoms in total. The smallest absolute Gasteiger partial charge is 0.415 e. The van der Waals surface area contributed by atoms with E-state index in [0.29, 0.717) is 24.3 Å². The summed E-state index contributed by atoms with van der Waals surface area (Å²) in [6.45, 7) is 0.385. The molecule has 2 aliphatic heterocycles. The highest BCUT2D eigenvalue weighted by atomic mass is 19.1. The lowest BCUT2D eigenvalue weighted by Crippen LogP contribution is -2.35. The Morgan fingerprint density at radius 3 is 2.70 bits per heavy atom. The van der Waals surface area contributed by atoms with E-state index in [1.54, 1.807) is 27.7 Å². The minimum Gasteiger partial charge on any atom is -0.442 e. The third-order valence-electron chi connectivity index (χ3n) is 4.96. The van der Waals surface area contributed by atoms with E-state index in [2.05, 4.69) is 10.3 Å². The van der Waals surface area contributed by atoms with Gasteiger partial charge >= 0.3 is 6.09 Å². The third-order valence-corrected chi connectivity index (χ3v) is 4.96. The van der Waals surface area contributed by atoms with Gasteiger partial charge in [-0.3, -0.25) is 9.69 Å². The number of cyclic esters (lactones) is 1. The molecule has 27 heavy (non-hydrogen) atoms. The molecule has 0 N–H and O–H groups in total. The fourth-order valence-corrected chi connectivity index (χ4v) is 3.72. The molecule has 1 saturated heterocycles. The van der Waals surface area contributed by atoms with Crippen LogP contribution in [0.3, 0.4) is 0 Å². The van der Waals surface area contributed by atoms with Crippen LogP contribution in [0.25, 0.3) is 5.69 Å². The number of halogens is 1. The summed E-state index contributed by atoms with van der Waals surface area (Å²) in [6, 6.07) is 5.59. The molecule has 2 aliphatic rings. The Balaban J connectivity index is 1.50. The molecule has 136 valence electrons. The Labute approximate surface area is 152 Å². The Bertz CT molecular complexity index is 1070. The van der Waals surface area contributed by atoms with Crippen LogP contribution in [0.4, 0.5) is 14.9 Å². The lowest BCUT2D eigenvalue weighted by Gasteiger charge is -2.16. The molecule has 0 aliphatic carbocycles. The lowest BCUT2D eigenvalue weighted by molar-refractivity contribution is 0.117. The molecule has 1 fully saturated rings. The predicted octanol–water partition coefficient (Wildman–Crippen LogP) is 1.52. The van der Waals surface area contributed by atoms with Gasteiger partial charge in [0.2, 0.25) is 0 Å². The number of anilines is 1. The maximum atomic E-state index is 14.7. The molecule has 2 aromatic heterocycles. The van der Waals surface area contributed by atoms with Gasteiger partial charge in [-0.2, -0.15) is 0 Å². The van der Waals surface area contributed by atoms with E-state index in [1.807, 2.05) is 0 Å². The highest BCUT2D eigenvalue weighted by molar-refractivity contribution is 5.94. The first-order valence-electron chi connectivity index (χ1n) is 8.45. The molecule has 5 rings (SSSR count). The maximum absolute atomic E-state index is 14.7. The van der Waals surface area contributed by atoms with Gasteiger partial charge in [-0.25, -0.2) is 13.9 Å². The lowest BCUT2D eigenvalue weighted by atomic mass is 10.0. The largest absolute Gasteiger partial charge is 0.442 e. The number of pyridine rings is 1. The zero-order valence-corrected chi connectivity index (χ0v) is 14.0. The Kier molecular flexibility index (Phi) is 3.36. The number of rotatable bonds is 3. The molecule has 1 amide bonds. The van der Waals surface area contributed by atoms with Crippen LogP contribution in [-0.2, 0) is 17.7 Å². The molecule has 3 aromatic rings. The average Bonchev–Trinajstić information content (AvgIpc) is 3.34. The van der Waals surface area contributed by atoms with Crippen molar-refractivity contribution in [3.8, 4) is 5.69 Å². The van der Waals surface area contributed by atoms with E-state index < -0.39 is 18.0 Å². The monoisotopic (exact) mass is 367 g/mol. The summed E-state index contributed by atoms with van der Waals surface area (Å²) < 4.78 is 23.3. The second-order valence-electron chi connectivity index (χ2n) is 6.56. The van der Waals surface area contributed by atoms with Crippen molar-refractivity contribution in [2.24, 2.45) is 0 Å². The Morgan fingerprint density at radius 1 is 1.15 bits per heavy atom. The minimum absolute atomic E-state index is 0.146. The van der Waals surface area contributed by atoms with Crippen molar-refractivity contribution in [1.82, 2.24) is 19.6 Å². The number of hydrogen-bond donors (Lipinski definition) is 0. The van der Waals surface area contributed by atoms with Gasteiger partial charge in [0.25, 0.3) is 0 Å². The number of carbonyl (C=O) groups is 1. The molecule has 9 heteroatoms. The van der Waals surface area contributed by atoms with Crippen molar-refractivity contribution in [1.29, 1.82) is 0 Å². The van der Waals surface area contributed by atoms with Crippen LogP contribution in [-0.4, -0.2) is 37.8 Å². The summed E-state index contributed by atoms with van der Waals surface area (Å²) in [6.07, 6.45) is 5.96. The van der Waals surface area contributed by atoms with E-state index in [9.17, 15) is 14.0 Å². The van der Waals surface area contributed by atoms with Crippen LogP contribution >= 0.6 is 0 Å². The van der Waals surface area contributed by atoms with E-state index >= 15 is 0 Å². The number of amides is 1. The second kappa shape index (κ2) is 5.76. The summed E-state index contributed by atoms with van der Waals surface area (Å²) in [5.41, 5.74) is 1.56. The van der Waals surface area contributed by atoms with E-state index in [0.717, 1.165) is 5.56 Å². The summed E-state index contributed by atoms with van der Waals surface area (Å²) in [7, 11) is 0. The molecular weight excluding hydrogens is 353 g/mol. The van der Waals surface area contributed by atoms with Gasteiger partial charge in [0.1, 0.15) is 11.9 Å². The number of ether oxygens (including phenoxy) is 1. The molecule has 1 aromatic carbocycles. The predicted molar refractivity (Wildman–Crippen MR) is 92.3 cm³/mol. The zero-order chi connectivity index (χ0) is 18.5. The fraction of sp³-hybridized carbons (Fsp3) is 0.222. The van der Waals surface area contributed by atoms with Crippen molar-refractivity contribution in [2.45, 2.75) is 25.1 Å². The summed E-state index contributed by atoms with van der Waals surface area (Å²) in [5, 5.41) is 7.67. The average molecular weight is 367 g/mol. The van der Waals surface area contributed by atoms with E-state index in [4.69, 9.17) is 4.74 Å². The van der Waals surface area contributed by atoms with Crippen molar-refractivity contribution in [3.63, 3.8) is 0 Å². The number of carbonyl (C=O) groups excluding carboxylic acids is 1. The minimum atomic E-state index is -0.487. The maximum Gasteiger partial charge on any atom is 0.415 e. The first kappa shape index (κ1) is 15.7. The highest BCUT2D eigenvalue weighted by Gasteiger charge is 2.48. The van der Waals surface area contributed by atoms with Crippen LogP contribution in [0.1, 0.15) is 5.56 Å². The first-order valence-corrected chi connectivity index (χ1v) is 8.45. The van der Waals surface area contributed by atoms with Crippen molar-refractivity contribution >= 4 is 11.8 Å². The van der Waals surface area contributed by atoms with Crippen molar-refractivity contribution in [3.05, 3.63) is 70.7 Å². The normalized spacial score (nSPS) is 20.5. The number of fused-ring (bicyclic) bond motifs is 3. The number of benzene rings is 1. The van der Waals surface area contributed by atoms with E-state index in [-0.39, 0.29) is 11.5 Å². The number of nitrogens with zero attached hydrogens (tertiary/aromatic N) is 5. The highest BCUT2D eigenvalue weighted by Crippen LogP contribution is 2.40. The van der Waals surface area contributed by atoms with Crippen molar-refractivity contribution in [2.75, 3.05) is 4.90 Å². The summed E-state index contributed by atoms with van der Waals surface area (Å²) in [5.74, 6) is -0.481. The van der Waals surface area contributed by atoms with Crippen LogP contribution < -0.4 is 10.3 Å². The molecule has 0 bridgehead atoms. The number of hydrogen-bond acceptors (Lipinski definition) is 5. The fourth-order valence-electron chi connectivity index (χ4n) is 3.72. The summed E-state index contributed by atoms with van der Waals surface area (Å²) >= 11 is 0. The Hall–Kier alpha value is -3.49. The van der Waals surface area contributed by atoms with Gasteiger partial charge in [0.05, 0.1) is 30.2 Å². The van der Waals surface area contributed by atoms with Crippen LogP contribution in [0, 0.1) is 5.82 Å². The van der Waals surface area contributed by atoms with Gasteiger partial charge in [-0.1, -0.05) is 5.21 Å². The second-order valence-corrected chi connectivity index (χ2v) is 6.56. The SMILES string of the molecule is O=C1O[C@@H](Cn2ccnn2)[C@@H]2Cc3cc(-n4ccc(=O)cc4)c(F)cc3N12. The molecule has 0 saturated carbocycles. The summed E-state index contributed by atoms with van der Waals surface area (Å²) in [4.78, 5) is 25.1. The van der Waals surface area contributed by atoms with Gasteiger partial charge in [-0.05, 0) is 18.1 Å². The number of aromatic nitrogens is 4. The standard InChI is InChI=1S/C18H14FN5O3/c19-13-9-14-11(7-15(13)22-4-1-12(25)2-5-22)8-16-17(27-18(26)24(14)16)10-23-6-3-20-21-23/h1-7,9,16-17H,8,10H2/t16-,17-/m0/s1. The Morgan fingerprint density at radius 2 is 1.96 bits per heavy atom. The zero-order valence-electron chi connectivity index (χ0n) is 14.0.